The maximum Gasteiger partial charge on any atom is 0.270 e. The number of fused-ring (bicyclic) bond motifs is 2. The number of nitrogens with zero attached hydrogens (tertiary/aromatic N) is 2. The van der Waals surface area contributed by atoms with Crippen molar-refractivity contribution in [2.24, 2.45) is 17.6 Å². The number of imide groups is 1. The Morgan fingerprint density at radius 2 is 1.68 bits per heavy atom. The Bertz CT molecular complexity index is 1550. The summed E-state index contributed by atoms with van der Waals surface area (Å²) in [5.41, 5.74) is 11.5. The molecular formula is C32H34ClN5O6. The zero-order chi connectivity index (χ0) is 30.1. The highest BCUT2D eigenvalue weighted by molar-refractivity contribution is 6.06. The molecule has 6 rings (SSSR count). The van der Waals surface area contributed by atoms with Gasteiger partial charge >= 0.3 is 0 Å². The van der Waals surface area contributed by atoms with Crippen molar-refractivity contribution in [1.82, 2.24) is 15.3 Å². The molecule has 3 aromatic rings. The first kappa shape index (κ1) is 31.0. The summed E-state index contributed by atoms with van der Waals surface area (Å²) < 4.78 is 10.9. The molecule has 11 nitrogen and oxygen atoms in total. The molecule has 44 heavy (non-hydrogen) atoms. The van der Waals surface area contributed by atoms with Crippen LogP contribution in [-0.4, -0.2) is 53.2 Å². The molecule has 0 aliphatic carbocycles. The maximum atomic E-state index is 14.0. The lowest BCUT2D eigenvalue weighted by atomic mass is 9.85. The normalized spacial score (nSPS) is 22.1. The van der Waals surface area contributed by atoms with Crippen LogP contribution in [0.25, 0.3) is 0 Å². The van der Waals surface area contributed by atoms with Gasteiger partial charge in [-0.1, -0.05) is 48.5 Å². The van der Waals surface area contributed by atoms with E-state index >= 15 is 0 Å². The highest BCUT2D eigenvalue weighted by atomic mass is 35.5. The van der Waals surface area contributed by atoms with E-state index in [1.165, 1.54) is 4.90 Å². The third kappa shape index (κ3) is 5.99. The van der Waals surface area contributed by atoms with Crippen LogP contribution in [0.2, 0.25) is 0 Å². The van der Waals surface area contributed by atoms with Gasteiger partial charge in [-0.15, -0.1) is 0 Å². The molecule has 3 heterocycles. The van der Waals surface area contributed by atoms with Gasteiger partial charge in [-0.05, 0) is 54.4 Å². The number of amides is 3. The van der Waals surface area contributed by atoms with Crippen LogP contribution < -0.4 is 38.5 Å². The smallest absolute Gasteiger partial charge is 0.270 e. The second-order valence-corrected chi connectivity index (χ2v) is 11.1. The number of rotatable bonds is 10. The van der Waals surface area contributed by atoms with E-state index in [4.69, 9.17) is 25.5 Å². The van der Waals surface area contributed by atoms with Gasteiger partial charge in [-0.3, -0.25) is 40.2 Å². The minimum Gasteiger partial charge on any atom is -1.00 e. The van der Waals surface area contributed by atoms with Crippen LogP contribution in [0.1, 0.15) is 41.1 Å². The maximum absolute atomic E-state index is 14.0. The van der Waals surface area contributed by atoms with Gasteiger partial charge in [-0.25, -0.2) is 5.48 Å². The van der Waals surface area contributed by atoms with E-state index in [0.29, 0.717) is 23.5 Å². The van der Waals surface area contributed by atoms with E-state index < -0.39 is 11.8 Å². The van der Waals surface area contributed by atoms with E-state index in [1.54, 1.807) is 12.1 Å². The summed E-state index contributed by atoms with van der Waals surface area (Å²) >= 11 is 0. The van der Waals surface area contributed by atoms with Crippen molar-refractivity contribution in [2.45, 2.75) is 38.1 Å². The number of amidine groups is 1. The van der Waals surface area contributed by atoms with Crippen LogP contribution in [0, 0.1) is 11.8 Å². The minimum absolute atomic E-state index is 0. The van der Waals surface area contributed by atoms with Crippen LogP contribution in [0.3, 0.4) is 0 Å². The summed E-state index contributed by atoms with van der Waals surface area (Å²) in [6, 6.07) is 21.6. The number of hydroxylamine groups is 1. The molecule has 3 amide bonds. The third-order valence-corrected chi connectivity index (χ3v) is 8.50. The largest absolute Gasteiger partial charge is 1.00 e. The van der Waals surface area contributed by atoms with Crippen molar-refractivity contribution in [2.75, 3.05) is 13.8 Å². The average Bonchev–Trinajstić information content (AvgIpc) is 3.66. The summed E-state index contributed by atoms with van der Waals surface area (Å²) in [6.45, 7) is 0.499. The van der Waals surface area contributed by atoms with Crippen molar-refractivity contribution >= 4 is 23.6 Å². The lowest BCUT2D eigenvalue weighted by Crippen LogP contribution is -3.00. The molecule has 2 fully saturated rings. The van der Waals surface area contributed by atoms with Crippen molar-refractivity contribution in [1.29, 1.82) is 0 Å². The number of hydrogen-bond donors (Lipinski definition) is 3. The monoisotopic (exact) mass is 619 g/mol. The zero-order valence-electron chi connectivity index (χ0n) is 24.1. The molecule has 0 spiro atoms. The van der Waals surface area contributed by atoms with Gasteiger partial charge in [0.05, 0.1) is 30.6 Å². The first-order valence-corrected chi connectivity index (χ1v) is 14.2. The van der Waals surface area contributed by atoms with Crippen molar-refractivity contribution in [3.63, 3.8) is 0 Å². The lowest BCUT2D eigenvalue weighted by molar-refractivity contribution is -0.143. The number of halogens is 1. The van der Waals surface area contributed by atoms with Crippen LogP contribution in [0.5, 0.6) is 11.5 Å². The van der Waals surface area contributed by atoms with Crippen molar-refractivity contribution in [3.8, 4) is 11.5 Å². The molecule has 12 heteroatoms. The van der Waals surface area contributed by atoms with Gasteiger partial charge in [-0.2, -0.15) is 0 Å². The van der Waals surface area contributed by atoms with Crippen LogP contribution in [-0.2, 0) is 32.4 Å². The van der Waals surface area contributed by atoms with Gasteiger partial charge in [0.15, 0.2) is 11.5 Å². The summed E-state index contributed by atoms with van der Waals surface area (Å²) in [4.78, 5) is 49.4. The number of carbonyl (C=O) groups is 3. The first-order valence-electron chi connectivity index (χ1n) is 14.2. The summed E-state index contributed by atoms with van der Waals surface area (Å²) in [5.74, 6) is -0.587. The predicted molar refractivity (Wildman–Crippen MR) is 155 cm³/mol. The molecule has 0 bridgehead atoms. The second-order valence-electron chi connectivity index (χ2n) is 11.1. The topological polar surface area (TPSA) is 149 Å². The van der Waals surface area contributed by atoms with Crippen LogP contribution in [0.15, 0.2) is 72.8 Å². The fourth-order valence-corrected chi connectivity index (χ4v) is 6.40. The van der Waals surface area contributed by atoms with E-state index in [9.17, 15) is 14.4 Å². The third-order valence-electron chi connectivity index (χ3n) is 8.50. The average molecular weight is 620 g/mol. The van der Waals surface area contributed by atoms with Crippen LogP contribution in [0.4, 0.5) is 0 Å². The van der Waals surface area contributed by atoms with Crippen LogP contribution >= 0.6 is 0 Å². The van der Waals surface area contributed by atoms with Gasteiger partial charge in [0.25, 0.3) is 5.84 Å². The molecule has 2 saturated heterocycles. The van der Waals surface area contributed by atoms with Gasteiger partial charge in [0, 0.05) is 18.5 Å². The number of carbonyl (C=O) groups excluding carboxylic acids is 3. The summed E-state index contributed by atoms with van der Waals surface area (Å²) in [5, 5.41) is 5.77. The van der Waals surface area contributed by atoms with E-state index in [2.05, 4.69) is 5.48 Å². The fourth-order valence-electron chi connectivity index (χ4n) is 6.40. The molecule has 0 radical (unpaired) electrons. The number of hydrogen-bond acceptors (Lipinski definition) is 7. The number of likely N-dealkylation sites (tertiary alicyclic amines) is 2. The molecule has 0 unspecified atom stereocenters. The fraction of sp³-hybridized carbons (Fsp3) is 0.312. The zero-order valence-corrected chi connectivity index (χ0v) is 24.9. The highest BCUT2D eigenvalue weighted by Gasteiger charge is 2.61. The first-order chi connectivity index (χ1) is 20.8. The Hall–Kier alpha value is -4.45. The molecule has 3 aromatic carbocycles. The number of benzene rings is 3. The molecule has 230 valence electrons. The van der Waals surface area contributed by atoms with Gasteiger partial charge in [0.2, 0.25) is 24.5 Å². The quantitative estimate of drug-likeness (QED) is 0.103. The number of nitrogens with two attached hydrogens (primary N) is 2. The Balaban J connectivity index is 0.00000384. The number of ether oxygens (including phenoxy) is 2. The highest BCUT2D eigenvalue weighted by Crippen LogP contribution is 2.50. The standard InChI is InChI=1S/C32H33N5O6.ClH/c1-36-23(12-14-26(38)35-43-17-19-5-3-2-4-6-19)27-28(29(36)21-8-10-22(11-9-21)30(33)34)32(40)37(31(27)39)16-20-7-13-24-25(15-20)42-18-41-24;/h2-11,13,15,23,27-29H,12,14,16-18H2,1H3,(H3,33,34)(H,35,38);1H/t23-,27-,28-,29-;/m0./s1. The Labute approximate surface area is 261 Å². The lowest BCUT2D eigenvalue weighted by Gasteiger charge is -2.30. The van der Waals surface area contributed by atoms with Crippen molar-refractivity contribution < 1.29 is 46.5 Å². The van der Waals surface area contributed by atoms with Gasteiger partial charge < -0.3 is 21.9 Å². The summed E-state index contributed by atoms with van der Waals surface area (Å²) in [6.07, 6.45) is 0.494. The molecule has 3 aliphatic rings. The Morgan fingerprint density at radius 3 is 2.41 bits per heavy atom. The summed E-state index contributed by atoms with van der Waals surface area (Å²) in [7, 11) is 1.90. The molecular weight excluding hydrogens is 586 g/mol. The predicted octanol–water partition coefficient (Wildman–Crippen LogP) is -1.93. The van der Waals surface area contributed by atoms with E-state index in [-0.39, 0.29) is 74.4 Å². The van der Waals surface area contributed by atoms with Gasteiger partial charge in [0.1, 0.15) is 0 Å². The Morgan fingerprint density at radius 1 is 0.977 bits per heavy atom. The number of nitrogens with one attached hydrogen (secondary N) is 1. The van der Waals surface area contributed by atoms with E-state index in [0.717, 1.165) is 16.7 Å². The minimum atomic E-state index is -0.612. The van der Waals surface area contributed by atoms with E-state index in [1.807, 2.05) is 72.6 Å². The SMILES string of the molecule is CN1[C@@H](CCC(=O)NOCc2ccccc2)[C@@H]2C(=O)N(Cc3ccc4c(c3)OCO4)C(=O)[C@@H]2[C@@H]1c1ccc(C(N)=[NH2+])cc1.[Cl-]. The molecule has 3 aliphatic heterocycles. The molecule has 5 N–H and O–H groups in total. The molecule has 4 atom stereocenters. The van der Waals surface area contributed by atoms with Crippen molar-refractivity contribution in [3.05, 3.63) is 95.1 Å². The molecule has 0 saturated carbocycles. The Kier molecular flexibility index (Phi) is 9.19. The second kappa shape index (κ2) is 13.0. The molecule has 0 aromatic heterocycles.